The van der Waals surface area contributed by atoms with Gasteiger partial charge < -0.3 is 9.84 Å². The van der Waals surface area contributed by atoms with Gasteiger partial charge in [-0.25, -0.2) is 0 Å². The number of methoxy groups -OCH3 is 1. The average molecular weight is 271 g/mol. The number of rotatable bonds is 3. The number of hydrogen-bond donors (Lipinski definition) is 1. The van der Waals surface area contributed by atoms with E-state index < -0.39 is 0 Å². The van der Waals surface area contributed by atoms with E-state index >= 15 is 0 Å². The van der Waals surface area contributed by atoms with Crippen LogP contribution in [0.1, 0.15) is 18.9 Å². The average Bonchev–Trinajstić information content (AvgIpc) is 2.91. The lowest BCUT2D eigenvalue weighted by Crippen LogP contribution is -2.14. The van der Waals surface area contributed by atoms with E-state index in [2.05, 4.69) is 28.9 Å². The largest absolute Gasteiger partial charge is 0.496 e. The quantitative estimate of drug-likeness (QED) is 0.916. The van der Waals surface area contributed by atoms with E-state index in [1.165, 1.54) is 5.56 Å². The van der Waals surface area contributed by atoms with Crippen molar-refractivity contribution in [2.24, 2.45) is 5.92 Å². The summed E-state index contributed by atoms with van der Waals surface area (Å²) < 4.78 is 6.14. The first-order valence-electron chi connectivity index (χ1n) is 5.09. The Bertz CT molecular complexity index is 374. The molecule has 0 bridgehead atoms. The van der Waals surface area contributed by atoms with Gasteiger partial charge in [-0.2, -0.15) is 0 Å². The van der Waals surface area contributed by atoms with Crippen molar-refractivity contribution >= 4 is 15.9 Å². The van der Waals surface area contributed by atoms with Crippen LogP contribution in [0.15, 0.2) is 22.7 Å². The topological polar surface area (TPSA) is 29.5 Å². The summed E-state index contributed by atoms with van der Waals surface area (Å²) in [6, 6.07) is 6.05. The molecule has 0 aromatic heterocycles. The molecule has 82 valence electrons. The van der Waals surface area contributed by atoms with Crippen molar-refractivity contribution in [1.29, 1.82) is 0 Å². The minimum Gasteiger partial charge on any atom is -0.496 e. The highest BCUT2D eigenvalue weighted by atomic mass is 79.9. The molecule has 1 saturated carbocycles. The van der Waals surface area contributed by atoms with Crippen LogP contribution in [0.4, 0.5) is 0 Å². The summed E-state index contributed by atoms with van der Waals surface area (Å²) in [5.74, 6) is 1.41. The van der Waals surface area contributed by atoms with Crippen LogP contribution in [0.3, 0.4) is 0 Å². The Labute approximate surface area is 98.4 Å². The minimum absolute atomic E-state index is 0.00517. The van der Waals surface area contributed by atoms with Gasteiger partial charge in [-0.1, -0.05) is 13.0 Å². The van der Waals surface area contributed by atoms with E-state index in [1.54, 1.807) is 7.11 Å². The Morgan fingerprint density at radius 1 is 1.60 bits per heavy atom. The van der Waals surface area contributed by atoms with Gasteiger partial charge in [-0.15, -0.1) is 0 Å². The van der Waals surface area contributed by atoms with Gasteiger partial charge in [0.2, 0.25) is 0 Å². The lowest BCUT2D eigenvalue weighted by atomic mass is 9.94. The van der Waals surface area contributed by atoms with Gasteiger partial charge in [0, 0.05) is 5.41 Å². The first kappa shape index (κ1) is 11.0. The lowest BCUT2D eigenvalue weighted by molar-refractivity contribution is 0.247. The van der Waals surface area contributed by atoms with Crippen LogP contribution in [-0.4, -0.2) is 18.8 Å². The van der Waals surface area contributed by atoms with Gasteiger partial charge in [0.05, 0.1) is 18.2 Å². The summed E-state index contributed by atoms with van der Waals surface area (Å²) in [5, 5.41) is 9.45. The molecule has 0 spiro atoms. The number of aliphatic hydroxyl groups is 1. The van der Waals surface area contributed by atoms with Crippen molar-refractivity contribution in [3.63, 3.8) is 0 Å². The van der Waals surface area contributed by atoms with E-state index in [0.717, 1.165) is 16.6 Å². The molecule has 2 unspecified atom stereocenters. The van der Waals surface area contributed by atoms with E-state index in [1.807, 2.05) is 12.1 Å². The molecule has 1 aromatic carbocycles. The summed E-state index contributed by atoms with van der Waals surface area (Å²) >= 11 is 3.47. The third-order valence-corrected chi connectivity index (χ3v) is 4.08. The summed E-state index contributed by atoms with van der Waals surface area (Å²) in [4.78, 5) is 0. The minimum atomic E-state index is -0.00517. The van der Waals surface area contributed by atoms with Crippen molar-refractivity contribution in [1.82, 2.24) is 0 Å². The van der Waals surface area contributed by atoms with Crippen molar-refractivity contribution in [2.75, 3.05) is 13.7 Å². The smallest absolute Gasteiger partial charge is 0.133 e. The van der Waals surface area contributed by atoms with Crippen molar-refractivity contribution in [3.05, 3.63) is 28.2 Å². The molecular weight excluding hydrogens is 256 g/mol. The van der Waals surface area contributed by atoms with Gasteiger partial charge in [0.15, 0.2) is 0 Å². The molecule has 0 aliphatic heterocycles. The molecule has 1 aliphatic rings. The zero-order valence-corrected chi connectivity index (χ0v) is 10.5. The Morgan fingerprint density at radius 3 is 2.67 bits per heavy atom. The monoisotopic (exact) mass is 270 g/mol. The molecule has 1 aromatic rings. The first-order valence-corrected chi connectivity index (χ1v) is 5.88. The van der Waals surface area contributed by atoms with Crippen LogP contribution in [-0.2, 0) is 5.41 Å². The van der Waals surface area contributed by atoms with E-state index in [0.29, 0.717) is 5.92 Å². The number of halogens is 1. The Balaban J connectivity index is 2.35. The molecule has 2 nitrogen and oxygen atoms in total. The molecule has 0 amide bonds. The third-order valence-electron chi connectivity index (χ3n) is 3.46. The SMILES string of the molecule is COc1ccc(C2(CO)CC2C)cc1Br. The number of hydrogen-bond acceptors (Lipinski definition) is 2. The van der Waals surface area contributed by atoms with Gasteiger partial charge in [-0.05, 0) is 46.0 Å². The highest BCUT2D eigenvalue weighted by Crippen LogP contribution is 2.54. The fraction of sp³-hybridized carbons (Fsp3) is 0.500. The van der Waals surface area contributed by atoms with E-state index in [-0.39, 0.29) is 12.0 Å². The molecule has 3 heteroatoms. The maximum atomic E-state index is 9.45. The van der Waals surface area contributed by atoms with E-state index in [4.69, 9.17) is 4.74 Å². The van der Waals surface area contributed by atoms with Gasteiger partial charge in [-0.3, -0.25) is 0 Å². The van der Waals surface area contributed by atoms with Crippen molar-refractivity contribution in [3.8, 4) is 5.75 Å². The Hall–Kier alpha value is -0.540. The van der Waals surface area contributed by atoms with Crippen molar-refractivity contribution < 1.29 is 9.84 Å². The highest BCUT2D eigenvalue weighted by molar-refractivity contribution is 9.10. The number of aliphatic hydroxyl groups excluding tert-OH is 1. The second-order valence-corrected chi connectivity index (χ2v) is 5.12. The summed E-state index contributed by atoms with van der Waals surface area (Å²) in [7, 11) is 1.65. The molecule has 15 heavy (non-hydrogen) atoms. The van der Waals surface area contributed by atoms with Crippen LogP contribution < -0.4 is 4.74 Å². The fourth-order valence-electron chi connectivity index (χ4n) is 2.18. The zero-order valence-electron chi connectivity index (χ0n) is 8.96. The fourth-order valence-corrected chi connectivity index (χ4v) is 2.72. The zero-order chi connectivity index (χ0) is 11.1. The Kier molecular flexibility index (Phi) is 2.77. The molecule has 1 N–H and O–H groups in total. The molecule has 0 heterocycles. The third kappa shape index (κ3) is 1.68. The van der Waals surface area contributed by atoms with Crippen LogP contribution >= 0.6 is 15.9 Å². The summed E-state index contributed by atoms with van der Waals surface area (Å²) in [6.07, 6.45) is 1.07. The maximum Gasteiger partial charge on any atom is 0.133 e. The second-order valence-electron chi connectivity index (χ2n) is 4.27. The predicted octanol–water partition coefficient (Wildman–Crippen LogP) is 2.73. The van der Waals surface area contributed by atoms with Crippen molar-refractivity contribution in [2.45, 2.75) is 18.8 Å². The van der Waals surface area contributed by atoms with Crippen LogP contribution in [0.5, 0.6) is 5.75 Å². The summed E-state index contributed by atoms with van der Waals surface area (Å²) in [6.45, 7) is 2.40. The van der Waals surface area contributed by atoms with Gasteiger partial charge in [0.1, 0.15) is 5.75 Å². The van der Waals surface area contributed by atoms with E-state index in [9.17, 15) is 5.11 Å². The maximum absolute atomic E-state index is 9.45. The van der Waals surface area contributed by atoms with Crippen LogP contribution in [0, 0.1) is 5.92 Å². The molecule has 0 saturated heterocycles. The number of ether oxygens (including phenoxy) is 1. The van der Waals surface area contributed by atoms with Crippen LogP contribution in [0.2, 0.25) is 0 Å². The first-order chi connectivity index (χ1) is 7.14. The molecule has 2 atom stereocenters. The Morgan fingerprint density at radius 2 is 2.27 bits per heavy atom. The number of benzene rings is 1. The molecule has 1 aliphatic carbocycles. The van der Waals surface area contributed by atoms with Gasteiger partial charge >= 0.3 is 0 Å². The molecule has 1 fully saturated rings. The molecule has 2 rings (SSSR count). The standard InChI is InChI=1S/C12H15BrO2/c1-8-6-12(8,7-14)9-3-4-11(15-2)10(13)5-9/h3-5,8,14H,6-7H2,1-2H3. The second kappa shape index (κ2) is 3.80. The van der Waals surface area contributed by atoms with Crippen LogP contribution in [0.25, 0.3) is 0 Å². The molecule has 0 radical (unpaired) electrons. The summed E-state index contributed by atoms with van der Waals surface area (Å²) in [5.41, 5.74) is 1.19. The lowest BCUT2D eigenvalue weighted by Gasteiger charge is -2.15. The normalized spacial score (nSPS) is 28.9. The predicted molar refractivity (Wildman–Crippen MR) is 63.2 cm³/mol. The molecular formula is C12H15BrO2. The highest BCUT2D eigenvalue weighted by Gasteiger charge is 2.51. The van der Waals surface area contributed by atoms with Gasteiger partial charge in [0.25, 0.3) is 0 Å².